The van der Waals surface area contributed by atoms with Gasteiger partial charge in [-0.3, -0.25) is 4.79 Å². The van der Waals surface area contributed by atoms with E-state index in [4.69, 9.17) is 4.74 Å². The Bertz CT molecular complexity index is 528. The quantitative estimate of drug-likeness (QED) is 0.848. The zero-order valence-electron chi connectivity index (χ0n) is 12.1. The SMILES string of the molecule is Cc1cccc(CN(C)C(=O)C2(C#N)CCOCC2)c1. The molecule has 1 amide bonds. The molecule has 1 heterocycles. The monoisotopic (exact) mass is 272 g/mol. The van der Waals surface area contributed by atoms with Crippen LogP contribution < -0.4 is 0 Å². The van der Waals surface area contributed by atoms with Gasteiger partial charge in [-0.2, -0.15) is 5.26 Å². The summed E-state index contributed by atoms with van der Waals surface area (Å²) in [6.45, 7) is 3.53. The Balaban J connectivity index is 2.10. The number of benzene rings is 1. The van der Waals surface area contributed by atoms with Crippen molar-refractivity contribution in [3.63, 3.8) is 0 Å². The summed E-state index contributed by atoms with van der Waals surface area (Å²) in [5, 5.41) is 9.42. The number of carbonyl (C=O) groups excluding carboxylic acids is 1. The molecule has 1 aromatic rings. The van der Waals surface area contributed by atoms with E-state index in [1.165, 1.54) is 5.56 Å². The second-order valence-corrected chi connectivity index (χ2v) is 5.46. The van der Waals surface area contributed by atoms with Gasteiger partial charge in [0.25, 0.3) is 0 Å². The van der Waals surface area contributed by atoms with Crippen molar-refractivity contribution in [3.8, 4) is 6.07 Å². The predicted octanol–water partition coefficient (Wildman–Crippen LogP) is 2.27. The molecule has 20 heavy (non-hydrogen) atoms. The van der Waals surface area contributed by atoms with Crippen LogP contribution in [0.1, 0.15) is 24.0 Å². The van der Waals surface area contributed by atoms with E-state index in [0.29, 0.717) is 32.6 Å². The molecule has 106 valence electrons. The fourth-order valence-electron chi connectivity index (χ4n) is 2.61. The normalized spacial score (nSPS) is 17.2. The second kappa shape index (κ2) is 6.06. The lowest BCUT2D eigenvalue weighted by Crippen LogP contribution is -2.44. The molecule has 0 unspecified atom stereocenters. The van der Waals surface area contributed by atoms with Crippen LogP contribution >= 0.6 is 0 Å². The third-order valence-electron chi connectivity index (χ3n) is 3.82. The van der Waals surface area contributed by atoms with Crippen molar-refractivity contribution >= 4 is 5.91 Å². The average molecular weight is 272 g/mol. The van der Waals surface area contributed by atoms with Crippen LogP contribution in [-0.2, 0) is 16.1 Å². The molecule has 0 bridgehead atoms. The third-order valence-corrected chi connectivity index (χ3v) is 3.82. The number of ether oxygens (including phenoxy) is 1. The summed E-state index contributed by atoms with van der Waals surface area (Å²) in [4.78, 5) is 14.2. The molecule has 1 fully saturated rings. The molecule has 1 aliphatic rings. The molecule has 0 atom stereocenters. The summed E-state index contributed by atoms with van der Waals surface area (Å²) in [7, 11) is 1.76. The van der Waals surface area contributed by atoms with Crippen molar-refractivity contribution in [1.29, 1.82) is 5.26 Å². The smallest absolute Gasteiger partial charge is 0.243 e. The number of carbonyl (C=O) groups is 1. The van der Waals surface area contributed by atoms with E-state index < -0.39 is 5.41 Å². The minimum atomic E-state index is -0.906. The van der Waals surface area contributed by atoms with Crippen LogP contribution in [0.5, 0.6) is 0 Å². The lowest BCUT2D eigenvalue weighted by Gasteiger charge is -2.33. The van der Waals surface area contributed by atoms with Crippen molar-refractivity contribution < 1.29 is 9.53 Å². The summed E-state index contributed by atoms with van der Waals surface area (Å²) < 4.78 is 5.27. The highest BCUT2D eigenvalue weighted by molar-refractivity contribution is 5.85. The highest BCUT2D eigenvalue weighted by Crippen LogP contribution is 2.32. The molecule has 1 aliphatic heterocycles. The minimum absolute atomic E-state index is 0.0928. The van der Waals surface area contributed by atoms with Gasteiger partial charge in [-0.25, -0.2) is 0 Å². The summed E-state index contributed by atoms with van der Waals surface area (Å²) in [5.74, 6) is -0.0928. The summed E-state index contributed by atoms with van der Waals surface area (Å²) in [6, 6.07) is 10.3. The fourth-order valence-corrected chi connectivity index (χ4v) is 2.61. The van der Waals surface area contributed by atoms with Gasteiger partial charge in [0.1, 0.15) is 5.41 Å². The lowest BCUT2D eigenvalue weighted by atomic mass is 9.80. The van der Waals surface area contributed by atoms with E-state index in [1.54, 1.807) is 11.9 Å². The molecule has 1 aromatic carbocycles. The number of hydrogen-bond acceptors (Lipinski definition) is 3. The predicted molar refractivity (Wildman–Crippen MR) is 75.8 cm³/mol. The van der Waals surface area contributed by atoms with Crippen molar-refractivity contribution in [3.05, 3.63) is 35.4 Å². The largest absolute Gasteiger partial charge is 0.381 e. The first-order valence-electron chi connectivity index (χ1n) is 6.87. The van der Waals surface area contributed by atoms with Gasteiger partial charge in [-0.15, -0.1) is 0 Å². The molecular formula is C16H20N2O2. The molecule has 1 saturated heterocycles. The maximum atomic E-state index is 12.6. The maximum absolute atomic E-state index is 12.6. The molecule has 0 spiro atoms. The molecule has 0 aromatic heterocycles. The number of amides is 1. The summed E-state index contributed by atoms with van der Waals surface area (Å²) in [6.07, 6.45) is 0.973. The second-order valence-electron chi connectivity index (χ2n) is 5.46. The van der Waals surface area contributed by atoms with Crippen LogP contribution in [0.25, 0.3) is 0 Å². The van der Waals surface area contributed by atoms with E-state index in [9.17, 15) is 10.1 Å². The molecule has 0 saturated carbocycles. The molecular weight excluding hydrogens is 252 g/mol. The molecule has 0 aliphatic carbocycles. The van der Waals surface area contributed by atoms with Gasteiger partial charge >= 0.3 is 0 Å². The van der Waals surface area contributed by atoms with Crippen molar-refractivity contribution in [1.82, 2.24) is 4.90 Å². The highest BCUT2D eigenvalue weighted by atomic mass is 16.5. The number of nitriles is 1. The molecule has 0 radical (unpaired) electrons. The van der Waals surface area contributed by atoms with E-state index >= 15 is 0 Å². The van der Waals surface area contributed by atoms with Crippen molar-refractivity contribution in [2.75, 3.05) is 20.3 Å². The van der Waals surface area contributed by atoms with Gasteiger partial charge in [0.15, 0.2) is 0 Å². The Morgan fingerprint density at radius 3 is 2.75 bits per heavy atom. The van der Waals surface area contributed by atoms with Gasteiger partial charge in [-0.1, -0.05) is 29.8 Å². The first-order valence-corrected chi connectivity index (χ1v) is 6.87. The lowest BCUT2D eigenvalue weighted by molar-refractivity contribution is -0.142. The topological polar surface area (TPSA) is 53.3 Å². The van der Waals surface area contributed by atoms with E-state index in [-0.39, 0.29) is 5.91 Å². The van der Waals surface area contributed by atoms with Crippen LogP contribution in [0.3, 0.4) is 0 Å². The first kappa shape index (κ1) is 14.5. The third kappa shape index (κ3) is 3.00. The van der Waals surface area contributed by atoms with Crippen LogP contribution in [0, 0.1) is 23.7 Å². The zero-order chi connectivity index (χ0) is 14.6. The van der Waals surface area contributed by atoms with Crippen LogP contribution in [-0.4, -0.2) is 31.1 Å². The fraction of sp³-hybridized carbons (Fsp3) is 0.500. The molecule has 4 nitrogen and oxygen atoms in total. The Morgan fingerprint density at radius 2 is 2.15 bits per heavy atom. The first-order chi connectivity index (χ1) is 9.57. The Labute approximate surface area is 120 Å². The van der Waals surface area contributed by atoms with Crippen molar-refractivity contribution in [2.45, 2.75) is 26.3 Å². The molecule has 4 heteroatoms. The Hall–Kier alpha value is -1.86. The number of nitrogens with zero attached hydrogens (tertiary/aromatic N) is 2. The standard InChI is InChI=1S/C16H20N2O2/c1-13-4-3-5-14(10-13)11-18(2)15(19)16(12-17)6-8-20-9-7-16/h3-5,10H,6-9,11H2,1-2H3. The number of hydrogen-bond donors (Lipinski definition) is 0. The molecule has 2 rings (SSSR count). The highest BCUT2D eigenvalue weighted by Gasteiger charge is 2.42. The van der Waals surface area contributed by atoms with E-state index in [1.807, 2.05) is 25.1 Å². The average Bonchev–Trinajstić information content (AvgIpc) is 2.47. The summed E-state index contributed by atoms with van der Waals surface area (Å²) >= 11 is 0. The number of rotatable bonds is 3. The van der Waals surface area contributed by atoms with Gasteiger partial charge in [0, 0.05) is 26.8 Å². The van der Waals surface area contributed by atoms with Crippen molar-refractivity contribution in [2.24, 2.45) is 5.41 Å². The van der Waals surface area contributed by atoms with Gasteiger partial charge in [-0.05, 0) is 25.3 Å². The van der Waals surface area contributed by atoms with Crippen LogP contribution in [0.2, 0.25) is 0 Å². The van der Waals surface area contributed by atoms with E-state index in [0.717, 1.165) is 5.56 Å². The molecule has 0 N–H and O–H groups in total. The minimum Gasteiger partial charge on any atom is -0.381 e. The van der Waals surface area contributed by atoms with Gasteiger partial charge < -0.3 is 9.64 Å². The Morgan fingerprint density at radius 1 is 1.45 bits per heavy atom. The van der Waals surface area contributed by atoms with Crippen LogP contribution in [0.4, 0.5) is 0 Å². The summed E-state index contributed by atoms with van der Waals surface area (Å²) in [5.41, 5.74) is 1.35. The van der Waals surface area contributed by atoms with Gasteiger partial charge in [0.2, 0.25) is 5.91 Å². The van der Waals surface area contributed by atoms with Gasteiger partial charge in [0.05, 0.1) is 6.07 Å². The maximum Gasteiger partial charge on any atom is 0.243 e. The Kier molecular flexibility index (Phi) is 4.41. The van der Waals surface area contributed by atoms with Crippen LogP contribution in [0.15, 0.2) is 24.3 Å². The zero-order valence-corrected chi connectivity index (χ0v) is 12.1. The number of aryl methyl sites for hydroxylation is 1. The van der Waals surface area contributed by atoms with E-state index in [2.05, 4.69) is 12.1 Å².